The van der Waals surface area contributed by atoms with E-state index in [1.54, 1.807) is 0 Å². The highest BCUT2D eigenvalue weighted by Gasteiger charge is 2.32. The molecule has 0 bridgehead atoms. The van der Waals surface area contributed by atoms with Gasteiger partial charge in [0.05, 0.1) is 20.0 Å². The molecule has 2 heterocycles. The fraction of sp³-hybridized carbons (Fsp3) is 0.250. The molecule has 0 atom stereocenters. The zero-order valence-electron chi connectivity index (χ0n) is 11.8. The van der Waals surface area contributed by atoms with Gasteiger partial charge in [0.1, 0.15) is 12.4 Å². The van der Waals surface area contributed by atoms with Gasteiger partial charge in [-0.2, -0.15) is 0 Å². The number of hydrogen-bond donors (Lipinski definition) is 0. The predicted molar refractivity (Wildman–Crippen MR) is 72.2 cm³/mol. The zero-order chi connectivity index (χ0) is 18.7. The monoisotopic (exact) mass is 358 g/mol. The van der Waals surface area contributed by atoms with Gasteiger partial charge in [-0.3, -0.25) is 20.2 Å². The van der Waals surface area contributed by atoms with E-state index in [9.17, 15) is 40.5 Å². The third kappa shape index (κ3) is 3.67. The summed E-state index contributed by atoms with van der Waals surface area (Å²) >= 11 is 0. The molecule has 0 aromatic carbocycles. The number of hydrogen-bond acceptors (Lipinski definition) is 11. The van der Waals surface area contributed by atoms with Gasteiger partial charge in [0.2, 0.25) is 0 Å². The minimum Gasteiger partial charge on any atom is -0.358 e. The molecule has 2 aromatic heterocycles. The Hall–Kier alpha value is -4.02. The summed E-state index contributed by atoms with van der Waals surface area (Å²) in [6.45, 7) is -1.01. The Bertz CT molecular complexity index is 736. The van der Waals surface area contributed by atoms with Gasteiger partial charge in [0.15, 0.2) is 13.5 Å². The average Bonchev–Trinajstić information content (AvgIpc) is 3.11. The lowest BCUT2D eigenvalue weighted by Gasteiger charge is -1.98. The highest BCUT2D eigenvalue weighted by molar-refractivity contribution is 5.44. The van der Waals surface area contributed by atoms with Crippen LogP contribution in [-0.4, -0.2) is 39.3 Å². The van der Waals surface area contributed by atoms with Crippen molar-refractivity contribution in [3.05, 3.63) is 52.9 Å². The first kappa shape index (κ1) is 17.3. The van der Waals surface area contributed by atoms with Gasteiger partial charge in [-0.15, -0.1) is 9.36 Å². The van der Waals surface area contributed by atoms with Crippen molar-refractivity contribution in [1.82, 2.24) is 19.6 Å². The van der Waals surface area contributed by atoms with Crippen molar-refractivity contribution in [2.75, 3.05) is 0 Å². The molecule has 0 aliphatic heterocycles. The SMILES string of the molecule is O=[N+]([O-])c1cn(COCn2cc([N+](=O)[O-])c([N+](=O)[O-])n2)nc1[N+](=O)[O-]. The molecule has 25 heavy (non-hydrogen) atoms. The fourth-order valence-corrected chi connectivity index (χ4v) is 1.68. The van der Waals surface area contributed by atoms with Gasteiger partial charge < -0.3 is 25.0 Å². The standard InChI is InChI=1S/C8H6N8O9/c17-13(18)5-1-11(9-7(5)15(21)22)3-25-4-12-2-6(14(19)20)8(10-12)16(23)24/h1-2H,3-4H2. The fourth-order valence-electron chi connectivity index (χ4n) is 1.68. The van der Waals surface area contributed by atoms with Crippen molar-refractivity contribution in [3.8, 4) is 0 Å². The van der Waals surface area contributed by atoms with Crippen LogP contribution in [0.25, 0.3) is 0 Å². The highest BCUT2D eigenvalue weighted by Crippen LogP contribution is 2.25. The van der Waals surface area contributed by atoms with Crippen LogP contribution in [0.1, 0.15) is 0 Å². The van der Waals surface area contributed by atoms with Crippen LogP contribution in [0.15, 0.2) is 12.4 Å². The molecule has 0 saturated carbocycles. The summed E-state index contributed by atoms with van der Waals surface area (Å²) in [5.41, 5.74) is -1.70. The van der Waals surface area contributed by atoms with Gasteiger partial charge in [-0.05, 0) is 9.85 Å². The number of nitro groups is 4. The van der Waals surface area contributed by atoms with Crippen molar-refractivity contribution >= 4 is 23.0 Å². The highest BCUT2D eigenvalue weighted by atomic mass is 16.6. The van der Waals surface area contributed by atoms with Crippen LogP contribution in [0.4, 0.5) is 23.0 Å². The summed E-state index contributed by atoms with van der Waals surface area (Å²) in [5.74, 6) is -1.97. The van der Waals surface area contributed by atoms with Crippen LogP contribution in [0.5, 0.6) is 0 Å². The van der Waals surface area contributed by atoms with Crippen molar-refractivity contribution in [2.45, 2.75) is 13.5 Å². The molecule has 0 aliphatic rings. The number of aromatic nitrogens is 4. The maximum absolute atomic E-state index is 10.7. The molecule has 132 valence electrons. The van der Waals surface area contributed by atoms with Crippen LogP contribution in [0.3, 0.4) is 0 Å². The molecule has 0 saturated heterocycles. The first-order valence-corrected chi connectivity index (χ1v) is 6.01. The van der Waals surface area contributed by atoms with Gasteiger partial charge in [0.25, 0.3) is 0 Å². The summed E-state index contributed by atoms with van der Waals surface area (Å²) in [6.07, 6.45) is 1.51. The molecule has 0 fully saturated rings. The molecule has 17 heteroatoms. The predicted octanol–water partition coefficient (Wildman–Crippen LogP) is 0.344. The lowest BCUT2D eigenvalue weighted by atomic mass is 10.5. The molecule has 17 nitrogen and oxygen atoms in total. The number of ether oxygens (including phenoxy) is 1. The number of nitrogens with zero attached hydrogens (tertiary/aromatic N) is 8. The number of rotatable bonds is 8. The maximum atomic E-state index is 10.7. The Morgan fingerprint density at radius 2 is 1.12 bits per heavy atom. The Balaban J connectivity index is 2.09. The Morgan fingerprint density at radius 3 is 1.36 bits per heavy atom. The van der Waals surface area contributed by atoms with Crippen molar-refractivity contribution in [3.63, 3.8) is 0 Å². The minimum absolute atomic E-state index is 0.504. The van der Waals surface area contributed by atoms with E-state index in [2.05, 4.69) is 10.2 Å². The minimum atomic E-state index is -1.05. The van der Waals surface area contributed by atoms with Gasteiger partial charge in [-0.25, -0.2) is 0 Å². The second kappa shape index (κ2) is 6.62. The van der Waals surface area contributed by atoms with Crippen molar-refractivity contribution in [2.24, 2.45) is 0 Å². The Labute approximate surface area is 134 Å². The lowest BCUT2D eigenvalue weighted by molar-refractivity contribution is -0.424. The Morgan fingerprint density at radius 1 is 0.760 bits per heavy atom. The van der Waals surface area contributed by atoms with Gasteiger partial charge in [-0.1, -0.05) is 0 Å². The quantitative estimate of drug-likeness (QED) is 0.462. The molecule has 0 aliphatic carbocycles. The van der Waals surface area contributed by atoms with E-state index in [0.717, 1.165) is 21.8 Å². The van der Waals surface area contributed by atoms with Crippen molar-refractivity contribution < 1.29 is 24.4 Å². The van der Waals surface area contributed by atoms with Gasteiger partial charge in [0, 0.05) is 0 Å². The van der Waals surface area contributed by atoms with E-state index in [0.29, 0.717) is 0 Å². The first-order chi connectivity index (χ1) is 11.7. The molecule has 0 N–H and O–H groups in total. The summed E-state index contributed by atoms with van der Waals surface area (Å²) in [5, 5.41) is 49.3. The molecule has 0 unspecified atom stereocenters. The molecular weight excluding hydrogens is 352 g/mol. The molecule has 0 radical (unpaired) electrons. The zero-order valence-corrected chi connectivity index (χ0v) is 11.8. The van der Waals surface area contributed by atoms with Crippen LogP contribution >= 0.6 is 0 Å². The van der Waals surface area contributed by atoms with E-state index >= 15 is 0 Å². The second-order valence-corrected chi connectivity index (χ2v) is 4.25. The van der Waals surface area contributed by atoms with Crippen LogP contribution in [0.2, 0.25) is 0 Å². The van der Waals surface area contributed by atoms with E-state index < -0.39 is 56.2 Å². The summed E-state index contributed by atoms with van der Waals surface area (Å²) in [4.78, 5) is 38.5. The summed E-state index contributed by atoms with van der Waals surface area (Å²) in [6, 6.07) is 0. The summed E-state index contributed by atoms with van der Waals surface area (Å²) < 4.78 is 6.48. The summed E-state index contributed by atoms with van der Waals surface area (Å²) in [7, 11) is 0. The molecule has 2 aromatic rings. The third-order valence-electron chi connectivity index (χ3n) is 2.63. The van der Waals surface area contributed by atoms with Crippen LogP contribution < -0.4 is 0 Å². The van der Waals surface area contributed by atoms with E-state index in [1.807, 2.05) is 0 Å². The lowest BCUT2D eigenvalue weighted by Crippen LogP contribution is -2.08. The van der Waals surface area contributed by atoms with E-state index in [1.165, 1.54) is 0 Å². The third-order valence-corrected chi connectivity index (χ3v) is 2.63. The van der Waals surface area contributed by atoms with Crippen molar-refractivity contribution in [1.29, 1.82) is 0 Å². The van der Waals surface area contributed by atoms with Gasteiger partial charge >= 0.3 is 23.0 Å². The second-order valence-electron chi connectivity index (χ2n) is 4.25. The molecule has 0 amide bonds. The first-order valence-electron chi connectivity index (χ1n) is 6.01. The van der Waals surface area contributed by atoms with Crippen LogP contribution in [0, 0.1) is 40.5 Å². The largest absolute Gasteiger partial charge is 0.467 e. The normalized spacial score (nSPS) is 10.6. The molecule has 2 rings (SSSR count). The smallest absolute Gasteiger partial charge is 0.358 e. The maximum Gasteiger partial charge on any atom is 0.467 e. The topological polar surface area (TPSA) is 217 Å². The van der Waals surface area contributed by atoms with E-state index in [4.69, 9.17) is 4.74 Å². The van der Waals surface area contributed by atoms with Crippen LogP contribution in [-0.2, 0) is 18.2 Å². The average molecular weight is 358 g/mol. The molecule has 0 spiro atoms. The Kier molecular flexibility index (Phi) is 4.59. The van der Waals surface area contributed by atoms with E-state index in [-0.39, 0.29) is 0 Å². The molecular formula is C8H6N8O9.